The van der Waals surface area contributed by atoms with Gasteiger partial charge in [-0.3, -0.25) is 9.58 Å². The summed E-state index contributed by atoms with van der Waals surface area (Å²) in [6.07, 6.45) is 3.68. The molecule has 0 spiro atoms. The van der Waals surface area contributed by atoms with E-state index in [9.17, 15) is 0 Å². The third-order valence-corrected chi connectivity index (χ3v) is 4.97. The fourth-order valence-electron chi connectivity index (χ4n) is 3.08. The average molecular weight is 315 g/mol. The molecule has 1 aromatic rings. The summed E-state index contributed by atoms with van der Waals surface area (Å²) >= 11 is 6.37. The van der Waals surface area contributed by atoms with Gasteiger partial charge in [0.2, 0.25) is 0 Å². The van der Waals surface area contributed by atoms with Crippen LogP contribution in [-0.2, 0) is 11.3 Å². The monoisotopic (exact) mass is 314 g/mol. The van der Waals surface area contributed by atoms with Crippen molar-refractivity contribution in [3.8, 4) is 0 Å². The average Bonchev–Trinajstić information content (AvgIpc) is 2.87. The predicted octanol–water partition coefficient (Wildman–Crippen LogP) is 2.45. The Labute approximate surface area is 132 Å². The van der Waals surface area contributed by atoms with Gasteiger partial charge >= 0.3 is 0 Å². The maximum atomic E-state index is 6.66. The third-order valence-electron chi connectivity index (χ3n) is 4.68. The fourth-order valence-corrected chi connectivity index (χ4v) is 3.34. The maximum Gasteiger partial charge on any atom is 0.0834 e. The molecule has 21 heavy (non-hydrogen) atoms. The van der Waals surface area contributed by atoms with Gasteiger partial charge in [-0.1, -0.05) is 25.4 Å². The Morgan fingerprint density at radius 2 is 2.10 bits per heavy atom. The number of nitrogens with two attached hydrogens (primary N) is 1. The van der Waals surface area contributed by atoms with Crippen LogP contribution in [-0.4, -0.2) is 46.5 Å². The SMILES string of the molecule is CCCn1ncc(Cl)c1C(N)C(C)(CC)N1CCOCC1. The second-order valence-electron chi connectivity index (χ2n) is 5.89. The van der Waals surface area contributed by atoms with Crippen molar-refractivity contribution in [1.82, 2.24) is 14.7 Å². The summed E-state index contributed by atoms with van der Waals surface area (Å²) in [6, 6.07) is -0.165. The summed E-state index contributed by atoms with van der Waals surface area (Å²) in [5.74, 6) is 0. The molecule has 2 unspecified atom stereocenters. The van der Waals surface area contributed by atoms with Crippen molar-refractivity contribution >= 4 is 11.6 Å². The molecule has 0 aromatic carbocycles. The molecule has 5 nitrogen and oxygen atoms in total. The van der Waals surface area contributed by atoms with Crippen LogP contribution < -0.4 is 5.73 Å². The summed E-state index contributed by atoms with van der Waals surface area (Å²) in [4.78, 5) is 2.43. The van der Waals surface area contributed by atoms with Gasteiger partial charge in [0.1, 0.15) is 0 Å². The zero-order chi connectivity index (χ0) is 15.5. The van der Waals surface area contributed by atoms with Gasteiger partial charge in [0.25, 0.3) is 0 Å². The minimum atomic E-state index is -0.165. The lowest BCUT2D eigenvalue weighted by atomic mass is 9.85. The Hall–Kier alpha value is -0.620. The highest BCUT2D eigenvalue weighted by Crippen LogP contribution is 2.36. The van der Waals surface area contributed by atoms with E-state index < -0.39 is 0 Å². The summed E-state index contributed by atoms with van der Waals surface area (Å²) in [5.41, 5.74) is 7.48. The van der Waals surface area contributed by atoms with E-state index in [1.54, 1.807) is 6.20 Å². The molecule has 6 heteroatoms. The molecular weight excluding hydrogens is 288 g/mol. The zero-order valence-corrected chi connectivity index (χ0v) is 14.1. The maximum absolute atomic E-state index is 6.66. The van der Waals surface area contributed by atoms with Crippen LogP contribution in [0.2, 0.25) is 5.02 Å². The molecule has 2 N–H and O–H groups in total. The number of aromatic nitrogens is 2. The van der Waals surface area contributed by atoms with Crippen molar-refractivity contribution in [2.24, 2.45) is 5.73 Å². The first kappa shape index (κ1) is 16.7. The Bertz CT molecular complexity index is 459. The number of aryl methyl sites for hydroxylation is 1. The fraction of sp³-hybridized carbons (Fsp3) is 0.800. The van der Waals surface area contributed by atoms with Gasteiger partial charge in [0.05, 0.1) is 36.2 Å². The highest BCUT2D eigenvalue weighted by molar-refractivity contribution is 6.31. The lowest BCUT2D eigenvalue weighted by Crippen LogP contribution is -2.57. The molecule has 1 aromatic heterocycles. The quantitative estimate of drug-likeness (QED) is 0.876. The Morgan fingerprint density at radius 1 is 1.43 bits per heavy atom. The highest BCUT2D eigenvalue weighted by Gasteiger charge is 2.40. The first-order chi connectivity index (χ1) is 10.0. The molecule has 1 aliphatic rings. The van der Waals surface area contributed by atoms with Gasteiger partial charge in [-0.15, -0.1) is 0 Å². The molecule has 2 atom stereocenters. The van der Waals surface area contributed by atoms with Crippen LogP contribution in [0.1, 0.15) is 45.3 Å². The summed E-state index contributed by atoms with van der Waals surface area (Å²) < 4.78 is 7.43. The van der Waals surface area contributed by atoms with Crippen molar-refractivity contribution in [3.05, 3.63) is 16.9 Å². The van der Waals surface area contributed by atoms with Crippen molar-refractivity contribution in [3.63, 3.8) is 0 Å². The highest BCUT2D eigenvalue weighted by atomic mass is 35.5. The number of halogens is 1. The second-order valence-corrected chi connectivity index (χ2v) is 6.30. The van der Waals surface area contributed by atoms with Gasteiger partial charge < -0.3 is 10.5 Å². The summed E-state index contributed by atoms with van der Waals surface area (Å²) in [5, 5.41) is 5.05. The first-order valence-electron chi connectivity index (χ1n) is 7.84. The molecule has 2 rings (SSSR count). The molecule has 0 bridgehead atoms. The van der Waals surface area contributed by atoms with Gasteiger partial charge in [-0.05, 0) is 19.8 Å². The molecule has 0 saturated carbocycles. The Morgan fingerprint density at radius 3 is 2.67 bits per heavy atom. The number of hydrogen-bond donors (Lipinski definition) is 1. The number of hydrogen-bond acceptors (Lipinski definition) is 4. The van der Waals surface area contributed by atoms with E-state index in [1.807, 2.05) is 4.68 Å². The molecule has 0 radical (unpaired) electrons. The lowest BCUT2D eigenvalue weighted by molar-refractivity contribution is -0.0287. The largest absolute Gasteiger partial charge is 0.379 e. The van der Waals surface area contributed by atoms with Crippen molar-refractivity contribution in [1.29, 1.82) is 0 Å². The number of morpholine rings is 1. The molecule has 1 aliphatic heterocycles. The number of rotatable bonds is 6. The van der Waals surface area contributed by atoms with Crippen LogP contribution in [0.15, 0.2) is 6.20 Å². The van der Waals surface area contributed by atoms with Gasteiger partial charge in [-0.25, -0.2) is 0 Å². The van der Waals surface area contributed by atoms with Crippen LogP contribution in [0.3, 0.4) is 0 Å². The molecule has 2 heterocycles. The normalized spacial score (nSPS) is 21.2. The number of ether oxygens (including phenoxy) is 1. The standard InChI is InChI=1S/C15H27ClN4O/c1-4-6-20-13(12(16)11-18-20)14(17)15(3,5-2)19-7-9-21-10-8-19/h11,14H,4-10,17H2,1-3H3. The van der Waals surface area contributed by atoms with E-state index in [4.69, 9.17) is 22.1 Å². The predicted molar refractivity (Wildman–Crippen MR) is 85.5 cm³/mol. The van der Waals surface area contributed by atoms with E-state index in [0.717, 1.165) is 51.4 Å². The topological polar surface area (TPSA) is 56.3 Å². The molecule has 1 fully saturated rings. The van der Waals surface area contributed by atoms with E-state index in [2.05, 4.69) is 30.8 Å². The number of nitrogens with zero attached hydrogens (tertiary/aromatic N) is 3. The van der Waals surface area contributed by atoms with Gasteiger partial charge in [-0.2, -0.15) is 5.10 Å². The third kappa shape index (κ3) is 3.26. The minimum Gasteiger partial charge on any atom is -0.379 e. The summed E-state index contributed by atoms with van der Waals surface area (Å²) in [7, 11) is 0. The van der Waals surface area contributed by atoms with Crippen LogP contribution in [0.5, 0.6) is 0 Å². The van der Waals surface area contributed by atoms with Crippen molar-refractivity contribution < 1.29 is 4.74 Å². The smallest absolute Gasteiger partial charge is 0.0834 e. The van der Waals surface area contributed by atoms with Crippen LogP contribution in [0.4, 0.5) is 0 Å². The van der Waals surface area contributed by atoms with Crippen LogP contribution in [0.25, 0.3) is 0 Å². The zero-order valence-electron chi connectivity index (χ0n) is 13.3. The van der Waals surface area contributed by atoms with Crippen molar-refractivity contribution in [2.75, 3.05) is 26.3 Å². The minimum absolute atomic E-state index is 0.140. The van der Waals surface area contributed by atoms with E-state index >= 15 is 0 Å². The van der Waals surface area contributed by atoms with E-state index in [-0.39, 0.29) is 11.6 Å². The van der Waals surface area contributed by atoms with Gasteiger partial charge in [0, 0.05) is 25.2 Å². The molecule has 120 valence electrons. The Kier molecular flexibility index (Phi) is 5.66. The van der Waals surface area contributed by atoms with E-state index in [0.29, 0.717) is 5.02 Å². The second kappa shape index (κ2) is 7.09. The van der Waals surface area contributed by atoms with E-state index in [1.165, 1.54) is 0 Å². The lowest BCUT2D eigenvalue weighted by Gasteiger charge is -2.46. The molecule has 0 aliphatic carbocycles. The Balaban J connectivity index is 2.30. The summed E-state index contributed by atoms with van der Waals surface area (Å²) in [6.45, 7) is 10.8. The van der Waals surface area contributed by atoms with Crippen LogP contribution in [0, 0.1) is 0 Å². The van der Waals surface area contributed by atoms with Gasteiger partial charge in [0.15, 0.2) is 0 Å². The molecule has 1 saturated heterocycles. The first-order valence-corrected chi connectivity index (χ1v) is 8.22. The van der Waals surface area contributed by atoms with Crippen LogP contribution >= 0.6 is 11.6 Å². The van der Waals surface area contributed by atoms with Crippen molar-refractivity contribution in [2.45, 2.75) is 51.7 Å². The molecular formula is C15H27ClN4O. The molecule has 0 amide bonds.